The van der Waals surface area contributed by atoms with E-state index in [1.54, 1.807) is 0 Å². The van der Waals surface area contributed by atoms with E-state index in [4.69, 9.17) is 16.3 Å². The van der Waals surface area contributed by atoms with E-state index in [9.17, 15) is 8.78 Å². The van der Waals surface area contributed by atoms with Crippen LogP contribution in [0.1, 0.15) is 0 Å². The Hall–Kier alpha value is -1.61. The zero-order valence-corrected chi connectivity index (χ0v) is 9.68. The van der Waals surface area contributed by atoms with Crippen molar-refractivity contribution in [3.05, 3.63) is 53.1 Å². The maximum Gasteiger partial charge on any atom is 0.133 e. The molecule has 0 aromatic heterocycles. The van der Waals surface area contributed by atoms with E-state index in [0.29, 0.717) is 11.3 Å². The van der Waals surface area contributed by atoms with Gasteiger partial charge in [-0.3, -0.25) is 0 Å². The highest BCUT2D eigenvalue weighted by atomic mass is 35.5. The molecule has 0 fully saturated rings. The molecule has 0 unspecified atom stereocenters. The van der Waals surface area contributed by atoms with Gasteiger partial charge in [0.2, 0.25) is 0 Å². The van der Waals surface area contributed by atoms with Gasteiger partial charge < -0.3 is 4.74 Å². The van der Waals surface area contributed by atoms with Crippen molar-refractivity contribution in [2.24, 2.45) is 0 Å². The summed E-state index contributed by atoms with van der Waals surface area (Å²) >= 11 is 5.80. The first kappa shape index (κ1) is 11.9. The number of ether oxygens (including phenoxy) is 1. The average Bonchev–Trinajstić information content (AvgIpc) is 2.28. The van der Waals surface area contributed by atoms with Crippen molar-refractivity contribution < 1.29 is 13.5 Å². The second kappa shape index (κ2) is 4.72. The minimum absolute atomic E-state index is 0.123. The molecule has 0 aliphatic carbocycles. The van der Waals surface area contributed by atoms with Crippen molar-refractivity contribution in [2.75, 3.05) is 7.11 Å². The van der Waals surface area contributed by atoms with Crippen LogP contribution >= 0.6 is 11.6 Å². The number of hydrogen-bond acceptors (Lipinski definition) is 1. The Morgan fingerprint density at radius 1 is 1.18 bits per heavy atom. The molecule has 0 saturated heterocycles. The molecular formula is C13H8ClF2O. The first-order chi connectivity index (χ1) is 8.11. The summed E-state index contributed by atoms with van der Waals surface area (Å²) < 4.78 is 32.1. The molecule has 0 bridgehead atoms. The lowest BCUT2D eigenvalue weighted by atomic mass is 10.0. The van der Waals surface area contributed by atoms with Gasteiger partial charge in [-0.1, -0.05) is 17.7 Å². The number of methoxy groups -OCH3 is 1. The zero-order chi connectivity index (χ0) is 12.4. The maximum absolute atomic E-state index is 13.6. The van der Waals surface area contributed by atoms with Gasteiger partial charge in [0.05, 0.1) is 17.7 Å². The highest BCUT2D eigenvalue weighted by Gasteiger charge is 2.12. The lowest BCUT2D eigenvalue weighted by Crippen LogP contribution is -1.91. The van der Waals surface area contributed by atoms with Crippen molar-refractivity contribution >= 4 is 11.6 Å². The molecular weight excluding hydrogens is 246 g/mol. The predicted octanol–water partition coefficient (Wildman–Crippen LogP) is 4.09. The topological polar surface area (TPSA) is 9.23 Å². The van der Waals surface area contributed by atoms with Gasteiger partial charge in [-0.25, -0.2) is 8.78 Å². The summed E-state index contributed by atoms with van der Waals surface area (Å²) in [7, 11) is 1.43. The molecule has 17 heavy (non-hydrogen) atoms. The van der Waals surface area contributed by atoms with Crippen molar-refractivity contribution in [3.63, 3.8) is 0 Å². The molecule has 2 rings (SSSR count). The molecule has 87 valence electrons. The molecule has 2 aromatic rings. The van der Waals surface area contributed by atoms with Crippen molar-refractivity contribution in [1.29, 1.82) is 0 Å². The summed E-state index contributed by atoms with van der Waals surface area (Å²) in [5, 5.41) is 0.238. The maximum atomic E-state index is 13.6. The monoisotopic (exact) mass is 253 g/mol. The second-order valence-electron chi connectivity index (χ2n) is 3.38. The molecule has 0 spiro atoms. The molecule has 0 atom stereocenters. The van der Waals surface area contributed by atoms with Crippen LogP contribution in [0, 0.1) is 17.7 Å². The fraction of sp³-hybridized carbons (Fsp3) is 0.0769. The van der Waals surface area contributed by atoms with Gasteiger partial charge in [0, 0.05) is 6.07 Å². The molecule has 2 aromatic carbocycles. The van der Waals surface area contributed by atoms with Crippen LogP contribution in [-0.2, 0) is 0 Å². The Morgan fingerprint density at radius 3 is 2.41 bits per heavy atom. The first-order valence-electron chi connectivity index (χ1n) is 4.83. The van der Waals surface area contributed by atoms with Crippen LogP contribution in [0.5, 0.6) is 5.75 Å². The van der Waals surface area contributed by atoms with Gasteiger partial charge >= 0.3 is 0 Å². The third kappa shape index (κ3) is 2.39. The smallest absolute Gasteiger partial charge is 0.133 e. The van der Waals surface area contributed by atoms with Crippen molar-refractivity contribution in [3.8, 4) is 16.9 Å². The number of benzene rings is 2. The zero-order valence-electron chi connectivity index (χ0n) is 8.93. The number of rotatable bonds is 2. The standard InChI is InChI=1S/C13H8ClF2O/c1-17-10-6-8(5-9(14)7-10)13-11(15)3-2-4-12(13)16/h2-6H,1H3. The highest BCUT2D eigenvalue weighted by molar-refractivity contribution is 6.30. The fourth-order valence-electron chi connectivity index (χ4n) is 1.54. The molecule has 1 radical (unpaired) electrons. The molecule has 4 heteroatoms. The SMILES string of the molecule is COc1[c]c(Cl)cc(-c2c(F)cccc2F)c1. The van der Waals surface area contributed by atoms with Gasteiger partial charge in [0.1, 0.15) is 17.4 Å². The van der Waals surface area contributed by atoms with Crippen molar-refractivity contribution in [1.82, 2.24) is 0 Å². The Bertz CT molecular complexity index is 535. The summed E-state index contributed by atoms with van der Waals surface area (Å²) in [6, 6.07) is 9.31. The van der Waals surface area contributed by atoms with Crippen LogP contribution in [0.2, 0.25) is 5.02 Å². The Kier molecular flexibility index (Phi) is 3.29. The first-order valence-corrected chi connectivity index (χ1v) is 5.21. The van der Waals surface area contributed by atoms with E-state index in [2.05, 4.69) is 6.07 Å². The molecule has 1 nitrogen and oxygen atoms in total. The predicted molar refractivity (Wildman–Crippen MR) is 62.2 cm³/mol. The van der Waals surface area contributed by atoms with Gasteiger partial charge in [-0.15, -0.1) is 0 Å². The highest BCUT2D eigenvalue weighted by Crippen LogP contribution is 2.31. The minimum Gasteiger partial charge on any atom is -0.496 e. The van der Waals surface area contributed by atoms with E-state index in [1.165, 1.54) is 37.4 Å². The molecule has 0 N–H and O–H groups in total. The second-order valence-corrected chi connectivity index (χ2v) is 3.79. The van der Waals surface area contributed by atoms with Gasteiger partial charge in [-0.2, -0.15) is 0 Å². The molecule has 0 amide bonds. The fourth-order valence-corrected chi connectivity index (χ4v) is 1.75. The van der Waals surface area contributed by atoms with Crippen LogP contribution in [0.4, 0.5) is 8.78 Å². The van der Waals surface area contributed by atoms with Crippen molar-refractivity contribution in [2.45, 2.75) is 0 Å². The Morgan fingerprint density at radius 2 is 1.82 bits per heavy atom. The molecule has 0 heterocycles. The minimum atomic E-state index is -0.644. The summed E-state index contributed by atoms with van der Waals surface area (Å²) in [5.74, 6) is -0.959. The third-order valence-corrected chi connectivity index (χ3v) is 2.49. The lowest BCUT2D eigenvalue weighted by Gasteiger charge is -2.07. The average molecular weight is 254 g/mol. The van der Waals surface area contributed by atoms with Gasteiger partial charge in [-0.05, 0) is 29.8 Å². The molecule has 0 aliphatic rings. The summed E-state index contributed by atoms with van der Waals surface area (Å²) in [6.07, 6.45) is 0. The lowest BCUT2D eigenvalue weighted by molar-refractivity contribution is 0.414. The van der Waals surface area contributed by atoms with Crippen LogP contribution in [0.25, 0.3) is 11.1 Å². The molecule has 0 aliphatic heterocycles. The van der Waals surface area contributed by atoms with Gasteiger partial charge in [0.15, 0.2) is 0 Å². The van der Waals surface area contributed by atoms with Gasteiger partial charge in [0.25, 0.3) is 0 Å². The summed E-state index contributed by atoms with van der Waals surface area (Å²) in [4.78, 5) is 0. The Labute approximate surface area is 103 Å². The number of hydrogen-bond donors (Lipinski definition) is 0. The largest absolute Gasteiger partial charge is 0.496 e. The van der Waals surface area contributed by atoms with Crippen LogP contribution in [0.15, 0.2) is 30.3 Å². The molecule has 0 saturated carbocycles. The summed E-state index contributed by atoms with van der Waals surface area (Å²) in [5.41, 5.74) is 0.197. The quantitative estimate of drug-likeness (QED) is 0.783. The third-order valence-electron chi connectivity index (χ3n) is 2.28. The number of halogens is 3. The van der Waals surface area contributed by atoms with Crippen LogP contribution in [0.3, 0.4) is 0 Å². The van der Waals surface area contributed by atoms with E-state index in [-0.39, 0.29) is 10.6 Å². The van der Waals surface area contributed by atoms with Crippen LogP contribution in [-0.4, -0.2) is 7.11 Å². The van der Waals surface area contributed by atoms with E-state index in [1.807, 2.05) is 0 Å². The summed E-state index contributed by atoms with van der Waals surface area (Å²) in [6.45, 7) is 0. The van der Waals surface area contributed by atoms with E-state index in [0.717, 1.165) is 0 Å². The van der Waals surface area contributed by atoms with E-state index >= 15 is 0 Å². The normalized spacial score (nSPS) is 10.4. The van der Waals surface area contributed by atoms with Crippen LogP contribution < -0.4 is 4.74 Å². The van der Waals surface area contributed by atoms with E-state index < -0.39 is 11.6 Å². The Balaban J connectivity index is 2.64.